The van der Waals surface area contributed by atoms with E-state index in [1.165, 1.54) is 0 Å². The molecule has 1 saturated carbocycles. The number of imidazole rings is 1. The highest BCUT2D eigenvalue weighted by molar-refractivity contribution is 5.83. The van der Waals surface area contributed by atoms with Crippen LogP contribution in [0.3, 0.4) is 0 Å². The number of nitrogens with zero attached hydrogens (tertiary/aromatic N) is 4. The number of aryl methyl sites for hydroxylation is 1. The minimum atomic E-state index is -0.952. The molecule has 0 radical (unpaired) electrons. The Balaban J connectivity index is 1.98. The summed E-state index contributed by atoms with van der Waals surface area (Å²) >= 11 is 0. The van der Waals surface area contributed by atoms with Gasteiger partial charge in [-0.1, -0.05) is 33.1 Å². The summed E-state index contributed by atoms with van der Waals surface area (Å²) < 4.78 is 2.01. The summed E-state index contributed by atoms with van der Waals surface area (Å²) in [7, 11) is 0. The van der Waals surface area contributed by atoms with Gasteiger partial charge in [0.2, 0.25) is 5.82 Å². The van der Waals surface area contributed by atoms with Gasteiger partial charge < -0.3 is 15.0 Å². The average Bonchev–Trinajstić information content (AvgIpc) is 3.14. The molecule has 0 aromatic carbocycles. The van der Waals surface area contributed by atoms with Crippen molar-refractivity contribution in [3.63, 3.8) is 0 Å². The van der Waals surface area contributed by atoms with E-state index >= 15 is 0 Å². The molecular formula is C24H33N5O. The number of fused-ring (bicyclic) bond motifs is 1. The highest BCUT2D eigenvalue weighted by Crippen LogP contribution is 2.31. The molecule has 0 amide bonds. The maximum absolute atomic E-state index is 10.9. The van der Waals surface area contributed by atoms with Crippen LogP contribution in [-0.4, -0.2) is 36.3 Å². The third-order valence-electron chi connectivity index (χ3n) is 5.89. The summed E-state index contributed by atoms with van der Waals surface area (Å²) in [6.45, 7) is 7.22. The van der Waals surface area contributed by atoms with Gasteiger partial charge in [0, 0.05) is 19.0 Å². The van der Waals surface area contributed by atoms with E-state index in [9.17, 15) is 5.11 Å². The molecule has 3 rings (SSSR count). The summed E-state index contributed by atoms with van der Waals surface area (Å²) in [6, 6.07) is 0.305. The van der Waals surface area contributed by atoms with Crippen molar-refractivity contribution in [1.82, 2.24) is 19.5 Å². The van der Waals surface area contributed by atoms with E-state index in [0.29, 0.717) is 42.9 Å². The molecule has 2 heterocycles. The lowest BCUT2D eigenvalue weighted by Crippen LogP contribution is -2.32. The molecule has 1 fully saturated rings. The normalized spacial score (nSPS) is 21.3. The fraction of sp³-hybridized carbons (Fsp3) is 0.625. The van der Waals surface area contributed by atoms with Crippen LogP contribution in [0.25, 0.3) is 11.2 Å². The molecule has 1 aliphatic carbocycles. The van der Waals surface area contributed by atoms with Crippen LogP contribution < -0.4 is 5.32 Å². The maximum Gasteiger partial charge on any atom is 0.209 e. The molecule has 2 unspecified atom stereocenters. The second-order valence-electron chi connectivity index (χ2n) is 8.45. The Kier molecular flexibility index (Phi) is 7.34. The van der Waals surface area contributed by atoms with Crippen LogP contribution in [0.2, 0.25) is 0 Å². The first kappa shape index (κ1) is 22.1. The second-order valence-corrected chi connectivity index (χ2v) is 8.45. The largest absolute Gasteiger partial charge is 0.378 e. The summed E-state index contributed by atoms with van der Waals surface area (Å²) in [4.78, 5) is 13.9. The van der Waals surface area contributed by atoms with Crippen LogP contribution in [0.4, 0.5) is 5.82 Å². The first-order valence-corrected chi connectivity index (χ1v) is 11.2. The third-order valence-corrected chi connectivity index (χ3v) is 5.89. The van der Waals surface area contributed by atoms with Gasteiger partial charge in [-0.05, 0) is 50.4 Å². The van der Waals surface area contributed by atoms with Crippen molar-refractivity contribution < 1.29 is 5.11 Å². The van der Waals surface area contributed by atoms with Gasteiger partial charge >= 0.3 is 0 Å². The van der Waals surface area contributed by atoms with E-state index in [-0.39, 0.29) is 0 Å². The zero-order valence-electron chi connectivity index (χ0n) is 18.4. The monoisotopic (exact) mass is 407 g/mol. The molecule has 160 valence electrons. The van der Waals surface area contributed by atoms with Crippen molar-refractivity contribution in [2.75, 3.05) is 5.32 Å². The molecule has 2 atom stereocenters. The molecular weight excluding hydrogens is 374 g/mol. The van der Waals surface area contributed by atoms with Gasteiger partial charge in [-0.25, -0.2) is 15.0 Å². The first-order valence-electron chi connectivity index (χ1n) is 11.2. The number of aromatic nitrogens is 4. The van der Waals surface area contributed by atoms with Crippen LogP contribution >= 0.6 is 0 Å². The average molecular weight is 408 g/mol. The summed E-state index contributed by atoms with van der Waals surface area (Å²) in [5.74, 6) is 10.4. The number of rotatable bonds is 7. The molecule has 6 nitrogen and oxygen atoms in total. The lowest BCUT2D eigenvalue weighted by molar-refractivity contribution is 0.0410. The number of nitrogens with one attached hydrogen (secondary N) is 1. The molecule has 0 spiro atoms. The van der Waals surface area contributed by atoms with Crippen LogP contribution in [0.5, 0.6) is 0 Å². The molecule has 0 bridgehead atoms. The van der Waals surface area contributed by atoms with Gasteiger partial charge in [0.05, 0.1) is 6.33 Å². The first-order chi connectivity index (χ1) is 14.5. The highest BCUT2D eigenvalue weighted by Gasteiger charge is 2.30. The van der Waals surface area contributed by atoms with Crippen LogP contribution in [-0.2, 0) is 6.54 Å². The summed E-state index contributed by atoms with van der Waals surface area (Å²) in [6.07, 6.45) is 14.3. The maximum atomic E-state index is 10.9. The van der Waals surface area contributed by atoms with Crippen molar-refractivity contribution in [3.8, 4) is 24.2 Å². The van der Waals surface area contributed by atoms with Crippen LogP contribution in [0.15, 0.2) is 6.33 Å². The van der Waals surface area contributed by atoms with Crippen molar-refractivity contribution in [2.24, 2.45) is 5.92 Å². The Morgan fingerprint density at radius 1 is 1.37 bits per heavy atom. The minimum Gasteiger partial charge on any atom is -0.378 e. The molecule has 30 heavy (non-hydrogen) atoms. The molecule has 0 aliphatic heterocycles. The Bertz CT molecular complexity index is 960. The quantitative estimate of drug-likeness (QED) is 0.533. The molecule has 2 aromatic rings. The van der Waals surface area contributed by atoms with Gasteiger partial charge in [-0.2, -0.15) is 0 Å². The smallest absolute Gasteiger partial charge is 0.209 e. The number of aliphatic hydroxyl groups is 1. The molecule has 0 saturated heterocycles. The lowest BCUT2D eigenvalue weighted by atomic mass is 9.79. The summed E-state index contributed by atoms with van der Waals surface area (Å²) in [5, 5.41) is 14.4. The minimum absolute atomic E-state index is 0.305. The molecule has 2 aromatic heterocycles. The van der Waals surface area contributed by atoms with Gasteiger partial charge in [-0.3, -0.25) is 0 Å². The predicted molar refractivity (Wildman–Crippen MR) is 121 cm³/mol. The van der Waals surface area contributed by atoms with E-state index in [1.54, 1.807) is 6.33 Å². The van der Waals surface area contributed by atoms with Gasteiger partial charge in [0.25, 0.3) is 0 Å². The fourth-order valence-corrected chi connectivity index (χ4v) is 4.11. The topological polar surface area (TPSA) is 75.9 Å². The van der Waals surface area contributed by atoms with Crippen molar-refractivity contribution >= 4 is 17.0 Å². The van der Waals surface area contributed by atoms with E-state index in [2.05, 4.69) is 58.8 Å². The van der Waals surface area contributed by atoms with Crippen LogP contribution in [0.1, 0.15) is 78.0 Å². The Labute approximate surface area is 179 Å². The number of hydrogen-bond donors (Lipinski definition) is 2. The van der Waals surface area contributed by atoms with E-state index in [4.69, 9.17) is 6.42 Å². The highest BCUT2D eigenvalue weighted by atomic mass is 16.3. The number of anilines is 1. The van der Waals surface area contributed by atoms with Crippen LogP contribution in [0, 0.1) is 30.1 Å². The number of terminal acetylenes is 1. The molecule has 2 N–H and O–H groups in total. The fourth-order valence-electron chi connectivity index (χ4n) is 4.11. The van der Waals surface area contributed by atoms with E-state index in [1.807, 2.05) is 4.57 Å². The predicted octanol–water partition coefficient (Wildman–Crippen LogP) is 4.13. The molecule has 6 heteroatoms. The van der Waals surface area contributed by atoms with E-state index < -0.39 is 5.60 Å². The summed E-state index contributed by atoms with van der Waals surface area (Å²) in [5.41, 5.74) is 0.549. The Morgan fingerprint density at radius 2 is 2.17 bits per heavy atom. The number of unbranched alkanes of at least 4 members (excludes halogenated alkanes) is 1. The number of hydrogen-bond acceptors (Lipinski definition) is 5. The zero-order valence-corrected chi connectivity index (χ0v) is 18.4. The molecule has 1 aliphatic rings. The van der Waals surface area contributed by atoms with Gasteiger partial charge in [0.15, 0.2) is 17.0 Å². The lowest BCUT2D eigenvalue weighted by Gasteiger charge is -2.30. The zero-order chi connectivity index (χ0) is 21.6. The third kappa shape index (κ3) is 5.32. The van der Waals surface area contributed by atoms with Gasteiger partial charge in [0.1, 0.15) is 5.60 Å². The van der Waals surface area contributed by atoms with Crippen molar-refractivity contribution in [2.45, 2.75) is 90.3 Å². The van der Waals surface area contributed by atoms with Crippen molar-refractivity contribution in [1.29, 1.82) is 0 Å². The Morgan fingerprint density at radius 3 is 2.87 bits per heavy atom. The van der Waals surface area contributed by atoms with Gasteiger partial charge in [-0.15, -0.1) is 12.3 Å². The second kappa shape index (κ2) is 9.96. The SMILES string of the molecule is C#CCCCn1cnc2c(NC(CC)CC)nc(C#CC3(O)CCCC(C)C3)nc21. The van der Waals surface area contributed by atoms with Crippen molar-refractivity contribution in [3.05, 3.63) is 12.2 Å². The van der Waals surface area contributed by atoms with E-state index in [0.717, 1.165) is 49.8 Å². The Hall–Kier alpha value is -2.57. The standard InChI is InChI=1S/C24H33N5O/c1-5-8-9-15-29-17-25-21-22(26-19(6-2)7-3)27-20(28-23(21)29)12-14-24(30)13-10-11-18(4)16-24/h1,17-19,30H,6-11,13,15-16H2,2-4H3,(H,26,27,28).